The maximum atomic E-state index is 12.9. The number of para-hydroxylation sites is 1. The molecule has 0 aromatic heterocycles. The van der Waals surface area contributed by atoms with Gasteiger partial charge in [-0.3, -0.25) is 4.79 Å². The van der Waals surface area contributed by atoms with Crippen LogP contribution in [0, 0.1) is 6.92 Å². The van der Waals surface area contributed by atoms with E-state index in [0.29, 0.717) is 24.3 Å². The molecule has 0 radical (unpaired) electrons. The zero-order chi connectivity index (χ0) is 21.2. The smallest absolute Gasteiger partial charge is 0.246 e. The Labute approximate surface area is 173 Å². The Bertz CT molecular complexity index is 1000. The minimum atomic E-state index is -3.59. The van der Waals surface area contributed by atoms with Crippen LogP contribution >= 0.6 is 0 Å². The fourth-order valence-electron chi connectivity index (χ4n) is 3.81. The van der Waals surface area contributed by atoms with Crippen molar-refractivity contribution in [2.24, 2.45) is 0 Å². The third-order valence-electron chi connectivity index (χ3n) is 5.55. The summed E-state index contributed by atoms with van der Waals surface area (Å²) in [6.45, 7) is 8.88. The molecule has 156 valence electrons. The zero-order valence-corrected chi connectivity index (χ0v) is 18.3. The van der Waals surface area contributed by atoms with Gasteiger partial charge in [0.25, 0.3) is 0 Å². The third kappa shape index (κ3) is 4.16. The molecule has 0 unspecified atom stereocenters. The van der Waals surface area contributed by atoms with Gasteiger partial charge in [-0.05, 0) is 49.6 Å². The van der Waals surface area contributed by atoms with Gasteiger partial charge < -0.3 is 10.2 Å². The van der Waals surface area contributed by atoms with Crippen LogP contribution in [-0.2, 0) is 21.2 Å². The molecular formula is C22H29N3O3S. The van der Waals surface area contributed by atoms with Crippen molar-refractivity contribution in [2.75, 3.05) is 29.9 Å². The van der Waals surface area contributed by atoms with Crippen LogP contribution in [0.3, 0.4) is 0 Å². The number of rotatable bonds is 7. The number of carbonyl (C=O) groups excluding carboxylic acids is 1. The standard InChI is InChI=1S/C22H29N3O3S/c1-5-24(6-2)29(27,28)21-15-19(12-11-16(21)3)23-22(26)17(4)25-14-13-18-9-7-8-10-20(18)25/h7-12,15,17H,5-6,13-14H2,1-4H3,(H,23,26)/t17-/m0/s1. The van der Waals surface area contributed by atoms with E-state index in [4.69, 9.17) is 0 Å². The van der Waals surface area contributed by atoms with Crippen molar-refractivity contribution in [1.82, 2.24) is 4.31 Å². The van der Waals surface area contributed by atoms with Crippen molar-refractivity contribution in [3.8, 4) is 0 Å². The predicted octanol–water partition coefficient (Wildman–Crippen LogP) is 3.42. The summed E-state index contributed by atoms with van der Waals surface area (Å²) in [4.78, 5) is 15.2. The van der Waals surface area contributed by atoms with Crippen LogP contribution < -0.4 is 10.2 Å². The van der Waals surface area contributed by atoms with Crippen LogP contribution in [-0.4, -0.2) is 44.3 Å². The van der Waals surface area contributed by atoms with Crippen LogP contribution in [0.5, 0.6) is 0 Å². The van der Waals surface area contributed by atoms with Crippen LogP contribution in [0.25, 0.3) is 0 Å². The molecule has 1 amide bonds. The van der Waals surface area contributed by atoms with E-state index in [9.17, 15) is 13.2 Å². The lowest BCUT2D eigenvalue weighted by Crippen LogP contribution is -2.41. The third-order valence-corrected chi connectivity index (χ3v) is 7.74. The number of amides is 1. The number of sulfonamides is 1. The van der Waals surface area contributed by atoms with Crippen LogP contribution in [0.2, 0.25) is 0 Å². The Morgan fingerprint density at radius 3 is 2.55 bits per heavy atom. The molecule has 1 N–H and O–H groups in total. The Morgan fingerprint density at radius 2 is 1.86 bits per heavy atom. The quantitative estimate of drug-likeness (QED) is 0.752. The number of aryl methyl sites for hydroxylation is 1. The summed E-state index contributed by atoms with van der Waals surface area (Å²) < 4.78 is 27.3. The van der Waals surface area contributed by atoms with Crippen molar-refractivity contribution in [2.45, 2.75) is 45.1 Å². The van der Waals surface area contributed by atoms with E-state index in [0.717, 1.165) is 18.7 Å². The summed E-state index contributed by atoms with van der Waals surface area (Å²) in [5, 5.41) is 2.90. The van der Waals surface area contributed by atoms with Crippen molar-refractivity contribution in [3.05, 3.63) is 53.6 Å². The number of fused-ring (bicyclic) bond motifs is 1. The summed E-state index contributed by atoms with van der Waals surface area (Å²) in [6, 6.07) is 12.8. The van der Waals surface area contributed by atoms with E-state index in [1.54, 1.807) is 25.1 Å². The predicted molar refractivity (Wildman–Crippen MR) is 117 cm³/mol. The average molecular weight is 416 g/mol. The van der Waals surface area contributed by atoms with E-state index in [1.165, 1.54) is 9.87 Å². The first-order chi connectivity index (χ1) is 13.8. The van der Waals surface area contributed by atoms with Gasteiger partial charge in [0.1, 0.15) is 6.04 Å². The molecule has 0 aliphatic carbocycles. The highest BCUT2D eigenvalue weighted by molar-refractivity contribution is 7.89. The molecule has 1 aliphatic heterocycles. The fraction of sp³-hybridized carbons (Fsp3) is 0.409. The molecule has 6 nitrogen and oxygen atoms in total. The van der Waals surface area contributed by atoms with Gasteiger partial charge in [-0.2, -0.15) is 4.31 Å². The van der Waals surface area contributed by atoms with Gasteiger partial charge >= 0.3 is 0 Å². The average Bonchev–Trinajstić information content (AvgIpc) is 3.13. The first-order valence-electron chi connectivity index (χ1n) is 10.1. The van der Waals surface area contributed by atoms with E-state index in [2.05, 4.69) is 16.3 Å². The summed E-state index contributed by atoms with van der Waals surface area (Å²) in [6.07, 6.45) is 0.921. The Morgan fingerprint density at radius 1 is 1.17 bits per heavy atom. The van der Waals surface area contributed by atoms with Gasteiger partial charge in [-0.15, -0.1) is 0 Å². The lowest BCUT2D eigenvalue weighted by Gasteiger charge is -2.26. The largest absolute Gasteiger partial charge is 0.359 e. The molecule has 0 saturated carbocycles. The maximum absolute atomic E-state index is 12.9. The lowest BCUT2D eigenvalue weighted by atomic mass is 10.1. The van der Waals surface area contributed by atoms with Crippen LogP contribution in [0.4, 0.5) is 11.4 Å². The van der Waals surface area contributed by atoms with Crippen molar-refractivity contribution in [1.29, 1.82) is 0 Å². The number of hydrogen-bond donors (Lipinski definition) is 1. The molecule has 0 saturated heterocycles. The summed E-state index contributed by atoms with van der Waals surface area (Å²) in [7, 11) is -3.59. The van der Waals surface area contributed by atoms with E-state index < -0.39 is 10.0 Å². The Kier molecular flexibility index (Phi) is 6.29. The molecule has 1 heterocycles. The molecule has 1 atom stereocenters. The van der Waals surface area contributed by atoms with Gasteiger partial charge in [0.2, 0.25) is 15.9 Å². The second kappa shape index (κ2) is 8.55. The summed E-state index contributed by atoms with van der Waals surface area (Å²) >= 11 is 0. The SMILES string of the molecule is CCN(CC)S(=O)(=O)c1cc(NC(=O)[C@H](C)N2CCc3ccccc32)ccc1C. The highest BCUT2D eigenvalue weighted by Gasteiger charge is 2.28. The van der Waals surface area contributed by atoms with Crippen molar-refractivity contribution < 1.29 is 13.2 Å². The van der Waals surface area contributed by atoms with E-state index in [-0.39, 0.29) is 16.8 Å². The molecular weight excluding hydrogens is 386 g/mol. The van der Waals surface area contributed by atoms with Crippen LogP contribution in [0.1, 0.15) is 31.9 Å². The van der Waals surface area contributed by atoms with Gasteiger partial charge in [0.05, 0.1) is 4.90 Å². The molecule has 0 bridgehead atoms. The molecule has 3 rings (SSSR count). The van der Waals surface area contributed by atoms with Crippen LogP contribution in [0.15, 0.2) is 47.4 Å². The van der Waals surface area contributed by atoms with Gasteiger partial charge in [0.15, 0.2) is 0 Å². The number of nitrogens with zero attached hydrogens (tertiary/aromatic N) is 2. The van der Waals surface area contributed by atoms with Gasteiger partial charge in [-0.1, -0.05) is 38.1 Å². The molecule has 1 aliphatic rings. The van der Waals surface area contributed by atoms with Gasteiger partial charge in [-0.25, -0.2) is 8.42 Å². The van der Waals surface area contributed by atoms with Gasteiger partial charge in [0, 0.05) is 31.0 Å². The first-order valence-corrected chi connectivity index (χ1v) is 11.5. The summed E-state index contributed by atoms with van der Waals surface area (Å²) in [5.41, 5.74) is 3.49. The second-order valence-electron chi connectivity index (χ2n) is 7.31. The Balaban J connectivity index is 1.81. The number of anilines is 2. The fourth-order valence-corrected chi connectivity index (χ4v) is 5.52. The molecule has 29 heavy (non-hydrogen) atoms. The molecule has 0 fully saturated rings. The van der Waals surface area contributed by atoms with Crippen molar-refractivity contribution in [3.63, 3.8) is 0 Å². The first kappa shape index (κ1) is 21.3. The number of hydrogen-bond acceptors (Lipinski definition) is 4. The minimum Gasteiger partial charge on any atom is -0.359 e. The van der Waals surface area contributed by atoms with E-state index >= 15 is 0 Å². The minimum absolute atomic E-state index is 0.156. The highest BCUT2D eigenvalue weighted by Crippen LogP contribution is 2.30. The lowest BCUT2D eigenvalue weighted by molar-refractivity contribution is -0.117. The monoisotopic (exact) mass is 415 g/mol. The topological polar surface area (TPSA) is 69.7 Å². The Hall–Kier alpha value is -2.38. The van der Waals surface area contributed by atoms with E-state index in [1.807, 2.05) is 39.0 Å². The maximum Gasteiger partial charge on any atom is 0.246 e. The number of nitrogens with one attached hydrogen (secondary N) is 1. The normalized spacial score (nSPS) is 14.7. The molecule has 2 aromatic rings. The second-order valence-corrected chi connectivity index (χ2v) is 9.21. The zero-order valence-electron chi connectivity index (χ0n) is 17.5. The van der Waals surface area contributed by atoms with Crippen molar-refractivity contribution >= 4 is 27.3 Å². The molecule has 2 aromatic carbocycles. The molecule has 7 heteroatoms. The number of carbonyl (C=O) groups is 1. The molecule has 0 spiro atoms. The number of benzene rings is 2. The highest BCUT2D eigenvalue weighted by atomic mass is 32.2. The summed E-state index contributed by atoms with van der Waals surface area (Å²) in [5.74, 6) is -0.156.